The number of ether oxygens (including phenoxy) is 3. The fourth-order valence-corrected chi connectivity index (χ4v) is 3.79. The second-order valence-corrected chi connectivity index (χ2v) is 7.87. The molecule has 0 aliphatic carbocycles. The van der Waals surface area contributed by atoms with E-state index in [2.05, 4.69) is 24.4 Å². The van der Waals surface area contributed by atoms with Crippen LogP contribution in [0.25, 0.3) is 0 Å². The fourth-order valence-electron chi connectivity index (χ4n) is 3.79. The number of nitrogens with zero attached hydrogens (tertiary/aromatic N) is 1. The summed E-state index contributed by atoms with van der Waals surface area (Å²) in [6, 6.07) is 20.3. The van der Waals surface area contributed by atoms with E-state index in [1.165, 1.54) is 12.7 Å². The number of rotatable bonds is 9. The molecule has 34 heavy (non-hydrogen) atoms. The number of carbonyl (C=O) groups is 2. The number of hydrogen-bond donors (Lipinski definition) is 1. The molecule has 1 N–H and O–H groups in total. The highest BCUT2D eigenvalue weighted by Crippen LogP contribution is 2.35. The first-order chi connectivity index (χ1) is 16.6. The third kappa shape index (κ3) is 5.31. The summed E-state index contributed by atoms with van der Waals surface area (Å²) in [5.41, 5.74) is 2.87. The Kier molecular flexibility index (Phi) is 7.32. The molecule has 0 bridgehead atoms. The maximum absolute atomic E-state index is 12.8. The topological polar surface area (TPSA) is 77.1 Å². The second-order valence-electron chi connectivity index (χ2n) is 7.87. The number of fused-ring (bicyclic) bond motifs is 1. The van der Waals surface area contributed by atoms with Crippen molar-refractivity contribution >= 4 is 23.2 Å². The number of benzene rings is 3. The number of hydrogen-bond acceptors (Lipinski definition) is 5. The van der Waals surface area contributed by atoms with Crippen molar-refractivity contribution in [2.24, 2.45) is 0 Å². The summed E-state index contributed by atoms with van der Waals surface area (Å²) in [5.74, 6) is 1.48. The van der Waals surface area contributed by atoms with Gasteiger partial charge in [-0.2, -0.15) is 0 Å². The SMILES string of the molecule is CCc1ccc(OCCCN2C(=O)COc3ccc(NC(=O)c4ccccc4OC)cc32)cc1. The van der Waals surface area contributed by atoms with E-state index in [4.69, 9.17) is 14.2 Å². The molecule has 3 aromatic carbocycles. The van der Waals surface area contributed by atoms with Crippen LogP contribution in [-0.2, 0) is 11.2 Å². The molecule has 0 fully saturated rings. The minimum absolute atomic E-state index is 0.0146. The molecular weight excluding hydrogens is 432 g/mol. The largest absolute Gasteiger partial charge is 0.496 e. The third-order valence-electron chi connectivity index (χ3n) is 5.64. The Morgan fingerprint density at radius 1 is 1.09 bits per heavy atom. The summed E-state index contributed by atoms with van der Waals surface area (Å²) in [5, 5.41) is 2.88. The van der Waals surface area contributed by atoms with Crippen molar-refractivity contribution in [2.45, 2.75) is 19.8 Å². The van der Waals surface area contributed by atoms with E-state index >= 15 is 0 Å². The Morgan fingerprint density at radius 2 is 1.88 bits per heavy atom. The second kappa shape index (κ2) is 10.7. The van der Waals surface area contributed by atoms with Crippen molar-refractivity contribution in [2.75, 3.05) is 37.1 Å². The molecule has 0 radical (unpaired) electrons. The van der Waals surface area contributed by atoms with Crippen LogP contribution in [0.3, 0.4) is 0 Å². The molecule has 0 saturated heterocycles. The minimum Gasteiger partial charge on any atom is -0.496 e. The number of methoxy groups -OCH3 is 1. The summed E-state index contributed by atoms with van der Waals surface area (Å²) in [6.45, 7) is 3.06. The molecule has 1 heterocycles. The number of anilines is 2. The third-order valence-corrected chi connectivity index (χ3v) is 5.64. The zero-order chi connectivity index (χ0) is 23.9. The molecule has 0 spiro atoms. The lowest BCUT2D eigenvalue weighted by atomic mass is 10.1. The lowest BCUT2D eigenvalue weighted by Crippen LogP contribution is -2.39. The van der Waals surface area contributed by atoms with E-state index in [0.717, 1.165) is 12.2 Å². The summed E-state index contributed by atoms with van der Waals surface area (Å²) in [6.07, 6.45) is 1.64. The van der Waals surface area contributed by atoms with Gasteiger partial charge in [0.05, 0.1) is 25.0 Å². The van der Waals surface area contributed by atoms with Gasteiger partial charge in [0, 0.05) is 12.2 Å². The molecule has 0 aromatic heterocycles. The molecule has 1 aliphatic heterocycles. The number of carbonyl (C=O) groups excluding carboxylic acids is 2. The average molecular weight is 461 g/mol. The van der Waals surface area contributed by atoms with Gasteiger partial charge in [-0.05, 0) is 60.9 Å². The lowest BCUT2D eigenvalue weighted by molar-refractivity contribution is -0.121. The van der Waals surface area contributed by atoms with Gasteiger partial charge in [0.25, 0.3) is 11.8 Å². The molecule has 176 valence electrons. The molecule has 2 amide bonds. The quantitative estimate of drug-likeness (QED) is 0.468. The van der Waals surface area contributed by atoms with Gasteiger partial charge in [0.15, 0.2) is 6.61 Å². The zero-order valence-electron chi connectivity index (χ0n) is 19.4. The predicted molar refractivity (Wildman–Crippen MR) is 131 cm³/mol. The minimum atomic E-state index is -0.297. The maximum atomic E-state index is 12.8. The molecule has 7 heteroatoms. The molecule has 0 atom stereocenters. The van der Waals surface area contributed by atoms with Crippen molar-refractivity contribution in [1.29, 1.82) is 0 Å². The van der Waals surface area contributed by atoms with Crippen molar-refractivity contribution in [3.8, 4) is 17.2 Å². The highest BCUT2D eigenvalue weighted by atomic mass is 16.5. The van der Waals surface area contributed by atoms with Crippen LogP contribution in [0.4, 0.5) is 11.4 Å². The molecule has 0 unspecified atom stereocenters. The van der Waals surface area contributed by atoms with E-state index in [0.29, 0.717) is 48.0 Å². The first-order valence-corrected chi connectivity index (χ1v) is 11.3. The Bertz CT molecular complexity index is 1160. The Labute approximate surface area is 199 Å². The van der Waals surface area contributed by atoms with Crippen LogP contribution in [0.15, 0.2) is 66.7 Å². The van der Waals surface area contributed by atoms with Gasteiger partial charge in [0.2, 0.25) is 0 Å². The van der Waals surface area contributed by atoms with Crippen molar-refractivity contribution in [1.82, 2.24) is 0 Å². The lowest BCUT2D eigenvalue weighted by Gasteiger charge is -2.30. The Balaban J connectivity index is 1.41. The van der Waals surface area contributed by atoms with E-state index < -0.39 is 0 Å². The highest BCUT2D eigenvalue weighted by Gasteiger charge is 2.26. The van der Waals surface area contributed by atoms with Crippen LogP contribution in [0.1, 0.15) is 29.3 Å². The Hall–Kier alpha value is -4.00. The van der Waals surface area contributed by atoms with Crippen molar-refractivity contribution < 1.29 is 23.8 Å². The van der Waals surface area contributed by atoms with Crippen LogP contribution in [0, 0.1) is 0 Å². The molecule has 7 nitrogen and oxygen atoms in total. The number of para-hydroxylation sites is 1. The van der Waals surface area contributed by atoms with E-state index in [-0.39, 0.29) is 18.4 Å². The standard InChI is InChI=1S/C27H28N2O5/c1-3-19-9-12-21(13-10-19)33-16-6-15-29-23-17-20(11-14-25(23)34-18-26(29)30)28-27(31)22-7-4-5-8-24(22)32-2/h4-5,7-14,17H,3,6,15-16,18H2,1-2H3,(H,28,31). The van der Waals surface area contributed by atoms with Gasteiger partial charge in [-0.15, -0.1) is 0 Å². The monoisotopic (exact) mass is 460 g/mol. The molecule has 4 rings (SSSR count). The van der Waals surface area contributed by atoms with Crippen LogP contribution < -0.4 is 24.4 Å². The van der Waals surface area contributed by atoms with Gasteiger partial charge >= 0.3 is 0 Å². The number of amides is 2. The molecule has 3 aromatic rings. The highest BCUT2D eigenvalue weighted by molar-refractivity contribution is 6.07. The first kappa shape index (κ1) is 23.2. The maximum Gasteiger partial charge on any atom is 0.265 e. The van der Waals surface area contributed by atoms with Gasteiger partial charge in [-0.25, -0.2) is 0 Å². The molecular formula is C27H28N2O5. The van der Waals surface area contributed by atoms with Crippen LogP contribution in [-0.4, -0.2) is 38.7 Å². The summed E-state index contributed by atoms with van der Waals surface area (Å²) in [4.78, 5) is 27.0. The normalized spacial score (nSPS) is 12.5. The van der Waals surface area contributed by atoms with E-state index in [1.54, 1.807) is 47.4 Å². The van der Waals surface area contributed by atoms with E-state index in [1.807, 2.05) is 12.1 Å². The molecule has 1 aliphatic rings. The van der Waals surface area contributed by atoms with Crippen LogP contribution >= 0.6 is 0 Å². The van der Waals surface area contributed by atoms with Crippen molar-refractivity contribution in [3.05, 3.63) is 77.9 Å². The summed E-state index contributed by atoms with van der Waals surface area (Å²) < 4.78 is 16.7. The molecule has 0 saturated carbocycles. The van der Waals surface area contributed by atoms with Crippen LogP contribution in [0.5, 0.6) is 17.2 Å². The smallest absolute Gasteiger partial charge is 0.265 e. The number of aryl methyl sites for hydroxylation is 1. The summed E-state index contributed by atoms with van der Waals surface area (Å²) in [7, 11) is 1.52. The number of nitrogens with one attached hydrogen (secondary N) is 1. The zero-order valence-corrected chi connectivity index (χ0v) is 19.4. The van der Waals surface area contributed by atoms with Crippen LogP contribution in [0.2, 0.25) is 0 Å². The van der Waals surface area contributed by atoms with Gasteiger partial charge in [-0.1, -0.05) is 31.2 Å². The van der Waals surface area contributed by atoms with Gasteiger partial charge < -0.3 is 24.4 Å². The summed E-state index contributed by atoms with van der Waals surface area (Å²) >= 11 is 0. The Morgan fingerprint density at radius 3 is 2.65 bits per heavy atom. The average Bonchev–Trinajstić information content (AvgIpc) is 2.88. The van der Waals surface area contributed by atoms with Gasteiger partial charge in [-0.3, -0.25) is 9.59 Å². The van der Waals surface area contributed by atoms with Crippen molar-refractivity contribution in [3.63, 3.8) is 0 Å². The predicted octanol–water partition coefficient (Wildman–Crippen LogP) is 4.70. The first-order valence-electron chi connectivity index (χ1n) is 11.3. The van der Waals surface area contributed by atoms with Gasteiger partial charge in [0.1, 0.15) is 17.2 Å². The van der Waals surface area contributed by atoms with E-state index in [9.17, 15) is 9.59 Å². The fraction of sp³-hybridized carbons (Fsp3) is 0.259.